The third-order valence-corrected chi connectivity index (χ3v) is 6.73. The minimum Gasteiger partial charge on any atom is -0.396 e. The van der Waals surface area contributed by atoms with Crippen LogP contribution in [0, 0.1) is 12.7 Å². The Bertz CT molecular complexity index is 1030. The van der Waals surface area contributed by atoms with E-state index < -0.39 is 5.82 Å². The molecule has 1 amide bonds. The number of hydrogen-bond acceptors (Lipinski definition) is 5. The molecule has 2 heterocycles. The summed E-state index contributed by atoms with van der Waals surface area (Å²) in [6.07, 6.45) is 2.55. The van der Waals surface area contributed by atoms with Crippen molar-refractivity contribution in [3.8, 4) is 11.1 Å². The van der Waals surface area contributed by atoms with Crippen molar-refractivity contribution >= 4 is 29.0 Å². The Morgan fingerprint density at radius 3 is 2.72 bits per heavy atom. The van der Waals surface area contributed by atoms with Gasteiger partial charge in [-0.1, -0.05) is 17.7 Å². The molecule has 6 nitrogen and oxygen atoms in total. The van der Waals surface area contributed by atoms with Crippen molar-refractivity contribution in [2.45, 2.75) is 45.1 Å². The van der Waals surface area contributed by atoms with Gasteiger partial charge in [-0.25, -0.2) is 9.37 Å². The van der Waals surface area contributed by atoms with Crippen LogP contribution in [0.15, 0.2) is 18.2 Å². The van der Waals surface area contributed by atoms with Gasteiger partial charge in [0.25, 0.3) is 0 Å². The van der Waals surface area contributed by atoms with E-state index in [1.165, 1.54) is 6.07 Å². The number of pyridine rings is 1. The molecule has 1 aromatic heterocycles. The molecule has 32 heavy (non-hydrogen) atoms. The molecule has 2 aromatic rings. The zero-order valence-corrected chi connectivity index (χ0v) is 19.6. The summed E-state index contributed by atoms with van der Waals surface area (Å²) in [6.45, 7) is 6.44. The van der Waals surface area contributed by atoms with Crippen LogP contribution in [0.25, 0.3) is 11.1 Å². The standard InChI is InChI=1S/C24H30ClFN4O2/c1-14-13-29(9-10-30(14)20(31)8-11-32-3)24-22(27)15(2)21(23(28-24)16-4-5-16)17-6-7-19(26)18(25)12-17/h6-7,12,14,16H,4-5,8-11,13,27H2,1-3H3/t14-/m1/s1. The molecule has 0 bridgehead atoms. The minimum absolute atomic E-state index is 0.0505. The van der Waals surface area contributed by atoms with Crippen LogP contribution in [0.4, 0.5) is 15.9 Å². The third kappa shape index (κ3) is 4.41. The van der Waals surface area contributed by atoms with E-state index in [4.69, 9.17) is 27.1 Å². The second-order valence-corrected chi connectivity index (χ2v) is 9.17. The molecule has 0 spiro atoms. The molecule has 0 radical (unpaired) electrons. The van der Waals surface area contributed by atoms with Gasteiger partial charge in [-0.05, 0) is 49.9 Å². The Labute approximate surface area is 193 Å². The predicted molar refractivity (Wildman–Crippen MR) is 126 cm³/mol. The predicted octanol–water partition coefficient (Wildman–Crippen LogP) is 4.38. The molecule has 8 heteroatoms. The highest BCUT2D eigenvalue weighted by atomic mass is 35.5. The number of carbonyl (C=O) groups excluding carboxylic acids is 1. The molecular formula is C24H30ClFN4O2. The highest BCUT2D eigenvalue weighted by Gasteiger charge is 2.34. The van der Waals surface area contributed by atoms with Gasteiger partial charge in [0.1, 0.15) is 5.82 Å². The summed E-state index contributed by atoms with van der Waals surface area (Å²) >= 11 is 6.07. The molecule has 1 atom stereocenters. The first-order valence-electron chi connectivity index (χ1n) is 11.1. The summed E-state index contributed by atoms with van der Waals surface area (Å²) in [5, 5.41) is 0.0920. The smallest absolute Gasteiger partial charge is 0.225 e. The fraction of sp³-hybridized carbons (Fsp3) is 0.500. The van der Waals surface area contributed by atoms with E-state index >= 15 is 0 Å². The number of nitrogen functional groups attached to an aromatic ring is 1. The van der Waals surface area contributed by atoms with Gasteiger partial charge < -0.3 is 20.3 Å². The number of nitrogens with zero attached hydrogens (tertiary/aromatic N) is 3. The summed E-state index contributed by atoms with van der Waals surface area (Å²) in [7, 11) is 1.60. The molecular weight excluding hydrogens is 431 g/mol. The number of carbonyl (C=O) groups is 1. The van der Waals surface area contributed by atoms with Crippen molar-refractivity contribution in [1.29, 1.82) is 0 Å². The summed E-state index contributed by atoms with van der Waals surface area (Å²) in [4.78, 5) is 21.6. The number of amides is 1. The maximum absolute atomic E-state index is 13.8. The lowest BCUT2D eigenvalue weighted by molar-refractivity contribution is -0.134. The molecule has 1 aliphatic heterocycles. The van der Waals surface area contributed by atoms with Gasteiger partial charge in [0.2, 0.25) is 5.91 Å². The normalized spacial score (nSPS) is 18.8. The van der Waals surface area contributed by atoms with Gasteiger partial charge in [-0.15, -0.1) is 0 Å². The summed E-state index contributed by atoms with van der Waals surface area (Å²) in [6, 6.07) is 4.83. The lowest BCUT2D eigenvalue weighted by Crippen LogP contribution is -2.54. The molecule has 1 aliphatic carbocycles. The van der Waals surface area contributed by atoms with Gasteiger partial charge in [0.05, 0.1) is 29.4 Å². The number of piperazine rings is 1. The largest absolute Gasteiger partial charge is 0.396 e. The molecule has 1 saturated heterocycles. The number of benzene rings is 1. The van der Waals surface area contributed by atoms with Crippen molar-refractivity contribution in [2.24, 2.45) is 0 Å². The van der Waals surface area contributed by atoms with Crippen LogP contribution in [0.3, 0.4) is 0 Å². The van der Waals surface area contributed by atoms with E-state index in [9.17, 15) is 9.18 Å². The van der Waals surface area contributed by atoms with Crippen LogP contribution in [0.5, 0.6) is 0 Å². The Morgan fingerprint density at radius 1 is 1.34 bits per heavy atom. The molecule has 2 aliphatic rings. The molecule has 1 aromatic carbocycles. The average molecular weight is 461 g/mol. The van der Waals surface area contributed by atoms with Gasteiger partial charge >= 0.3 is 0 Å². The highest BCUT2D eigenvalue weighted by Crippen LogP contribution is 2.47. The Kier molecular flexibility index (Phi) is 6.58. The fourth-order valence-electron chi connectivity index (χ4n) is 4.49. The number of rotatable bonds is 6. The van der Waals surface area contributed by atoms with Crippen molar-refractivity contribution in [1.82, 2.24) is 9.88 Å². The van der Waals surface area contributed by atoms with Crippen molar-refractivity contribution < 1.29 is 13.9 Å². The minimum atomic E-state index is -0.439. The third-order valence-electron chi connectivity index (χ3n) is 6.44. The highest BCUT2D eigenvalue weighted by molar-refractivity contribution is 6.31. The van der Waals surface area contributed by atoms with Crippen LogP contribution in [0.2, 0.25) is 5.02 Å². The van der Waals surface area contributed by atoms with Crippen LogP contribution >= 0.6 is 11.6 Å². The van der Waals surface area contributed by atoms with E-state index in [-0.39, 0.29) is 17.0 Å². The van der Waals surface area contributed by atoms with E-state index in [1.807, 2.05) is 11.8 Å². The lowest BCUT2D eigenvalue weighted by atomic mass is 9.95. The quantitative estimate of drug-likeness (QED) is 0.692. The van der Waals surface area contributed by atoms with E-state index in [0.717, 1.165) is 41.0 Å². The maximum Gasteiger partial charge on any atom is 0.225 e. The molecule has 1 saturated carbocycles. The summed E-state index contributed by atoms with van der Waals surface area (Å²) < 4.78 is 18.8. The first-order valence-corrected chi connectivity index (χ1v) is 11.5. The number of methoxy groups -OCH3 is 1. The second-order valence-electron chi connectivity index (χ2n) is 8.76. The van der Waals surface area contributed by atoms with Crippen molar-refractivity contribution in [2.75, 3.05) is 44.0 Å². The number of nitrogens with two attached hydrogens (primary N) is 1. The molecule has 2 fully saturated rings. The number of halogens is 2. The van der Waals surface area contributed by atoms with Gasteiger partial charge in [0, 0.05) is 44.3 Å². The van der Waals surface area contributed by atoms with E-state index in [0.29, 0.717) is 44.3 Å². The average Bonchev–Trinajstić information content (AvgIpc) is 3.61. The summed E-state index contributed by atoms with van der Waals surface area (Å²) in [5.74, 6) is 0.822. The van der Waals surface area contributed by atoms with Gasteiger partial charge in [-0.2, -0.15) is 0 Å². The van der Waals surface area contributed by atoms with Crippen LogP contribution < -0.4 is 10.6 Å². The Hall–Kier alpha value is -2.38. The zero-order valence-electron chi connectivity index (χ0n) is 18.8. The Morgan fingerprint density at radius 2 is 2.09 bits per heavy atom. The van der Waals surface area contributed by atoms with Gasteiger partial charge in [-0.3, -0.25) is 4.79 Å². The SMILES string of the molecule is COCCC(=O)N1CCN(c2nc(C3CC3)c(-c3ccc(F)c(Cl)c3)c(C)c2N)C[C@H]1C. The summed E-state index contributed by atoms with van der Waals surface area (Å²) in [5.41, 5.74) is 11.0. The van der Waals surface area contributed by atoms with E-state index in [2.05, 4.69) is 11.8 Å². The number of ether oxygens (including phenoxy) is 1. The van der Waals surface area contributed by atoms with Crippen LogP contribution in [-0.4, -0.2) is 55.2 Å². The second kappa shape index (κ2) is 9.24. The molecule has 2 N–H and O–H groups in total. The van der Waals surface area contributed by atoms with Gasteiger partial charge in [0.15, 0.2) is 5.82 Å². The van der Waals surface area contributed by atoms with Crippen molar-refractivity contribution in [3.05, 3.63) is 40.3 Å². The lowest BCUT2D eigenvalue weighted by Gasteiger charge is -2.41. The monoisotopic (exact) mass is 460 g/mol. The molecule has 172 valence electrons. The van der Waals surface area contributed by atoms with Crippen LogP contribution in [0.1, 0.15) is 43.4 Å². The topological polar surface area (TPSA) is 71.7 Å². The first-order chi connectivity index (χ1) is 15.3. The molecule has 4 rings (SSSR count). The van der Waals surface area contributed by atoms with Crippen molar-refractivity contribution in [3.63, 3.8) is 0 Å². The number of hydrogen-bond donors (Lipinski definition) is 1. The van der Waals surface area contributed by atoms with Crippen LogP contribution in [-0.2, 0) is 9.53 Å². The Balaban J connectivity index is 1.65. The number of anilines is 2. The fourth-order valence-corrected chi connectivity index (χ4v) is 4.67. The molecule has 0 unspecified atom stereocenters. The zero-order chi connectivity index (χ0) is 23.0. The number of aromatic nitrogens is 1. The maximum atomic E-state index is 13.8. The van der Waals surface area contributed by atoms with E-state index in [1.54, 1.807) is 19.2 Å². The first kappa shape index (κ1) is 22.8.